The van der Waals surface area contributed by atoms with Gasteiger partial charge < -0.3 is 4.90 Å². The van der Waals surface area contributed by atoms with Crippen LogP contribution in [0.5, 0.6) is 0 Å². The van der Waals surface area contributed by atoms with Crippen LogP contribution in [-0.4, -0.2) is 22.7 Å². The van der Waals surface area contributed by atoms with Crippen LogP contribution in [0.1, 0.15) is 23.0 Å². The highest BCUT2D eigenvalue weighted by Gasteiger charge is 2.17. The summed E-state index contributed by atoms with van der Waals surface area (Å²) in [5, 5.41) is 1.93. The van der Waals surface area contributed by atoms with Crippen molar-refractivity contribution in [2.24, 2.45) is 0 Å². The van der Waals surface area contributed by atoms with Gasteiger partial charge in [-0.05, 0) is 24.1 Å². The molecular weight excluding hydrogens is 270 g/mol. The maximum Gasteiger partial charge on any atom is 0.196 e. The lowest BCUT2D eigenvalue weighted by Gasteiger charge is -2.17. The third-order valence-electron chi connectivity index (χ3n) is 3.44. The summed E-state index contributed by atoms with van der Waals surface area (Å²) in [6.07, 6.45) is 3.75. The minimum absolute atomic E-state index is 0.586. The van der Waals surface area contributed by atoms with Crippen LogP contribution in [0.4, 0.5) is 11.5 Å². The zero-order valence-corrected chi connectivity index (χ0v) is 12.2. The molecule has 0 saturated heterocycles. The van der Waals surface area contributed by atoms with Crippen LogP contribution in [0.2, 0.25) is 0 Å². The first kappa shape index (κ1) is 12.9. The largest absolute Gasteiger partial charge is 0.328 e. The highest BCUT2D eigenvalue weighted by atomic mass is 32.1. The van der Waals surface area contributed by atoms with Gasteiger partial charge in [0.1, 0.15) is 5.69 Å². The second-order valence-corrected chi connectivity index (χ2v) is 5.45. The third kappa shape index (κ3) is 2.00. The Morgan fingerprint density at radius 2 is 2.10 bits per heavy atom. The number of carbonyl (C=O) groups is 1. The number of hydrogen-bond donors (Lipinski definition) is 0. The monoisotopic (exact) mass is 285 g/mol. The van der Waals surface area contributed by atoms with Gasteiger partial charge in [-0.1, -0.05) is 19.1 Å². The molecule has 0 unspecified atom stereocenters. The Labute approximate surface area is 121 Å². The summed E-state index contributed by atoms with van der Waals surface area (Å²) < 4.78 is 1.82. The number of rotatable bonds is 4. The number of thiazole rings is 1. The predicted octanol–water partition coefficient (Wildman–Crippen LogP) is 3.54. The zero-order valence-electron chi connectivity index (χ0n) is 11.4. The van der Waals surface area contributed by atoms with Crippen molar-refractivity contribution in [2.45, 2.75) is 13.3 Å². The van der Waals surface area contributed by atoms with E-state index in [1.165, 1.54) is 16.9 Å². The molecule has 0 aliphatic carbocycles. The normalized spacial score (nSPS) is 10.9. The highest BCUT2D eigenvalue weighted by molar-refractivity contribution is 7.15. The van der Waals surface area contributed by atoms with Crippen molar-refractivity contribution in [2.75, 3.05) is 11.9 Å². The maximum atomic E-state index is 11.4. The van der Waals surface area contributed by atoms with E-state index in [0.29, 0.717) is 11.5 Å². The first-order valence-corrected chi connectivity index (χ1v) is 7.36. The van der Waals surface area contributed by atoms with E-state index in [1.807, 2.05) is 27.9 Å². The lowest BCUT2D eigenvalue weighted by molar-refractivity contribution is 0.111. The fourth-order valence-electron chi connectivity index (χ4n) is 2.23. The Balaban J connectivity index is 2.04. The topological polar surface area (TPSA) is 37.6 Å². The fraction of sp³-hybridized carbons (Fsp3) is 0.200. The Kier molecular flexibility index (Phi) is 3.28. The lowest BCUT2D eigenvalue weighted by atomic mass is 10.1. The number of aldehydes is 1. The number of aryl methyl sites for hydroxylation is 1. The Morgan fingerprint density at radius 1 is 1.35 bits per heavy atom. The molecule has 0 radical (unpaired) electrons. The molecular formula is C15H15N3OS. The van der Waals surface area contributed by atoms with Crippen molar-refractivity contribution in [3.63, 3.8) is 0 Å². The molecule has 5 heteroatoms. The smallest absolute Gasteiger partial charge is 0.196 e. The maximum absolute atomic E-state index is 11.4. The summed E-state index contributed by atoms with van der Waals surface area (Å²) >= 11 is 1.52. The molecule has 102 valence electrons. The van der Waals surface area contributed by atoms with Crippen LogP contribution in [0.25, 0.3) is 4.96 Å². The van der Waals surface area contributed by atoms with Crippen LogP contribution in [-0.2, 0) is 6.42 Å². The number of carbonyl (C=O) groups excluding carboxylic acids is 1. The van der Waals surface area contributed by atoms with Gasteiger partial charge in [-0.2, -0.15) is 0 Å². The van der Waals surface area contributed by atoms with Gasteiger partial charge in [0.05, 0.1) is 0 Å². The van der Waals surface area contributed by atoms with Gasteiger partial charge in [0.2, 0.25) is 0 Å². The molecule has 0 N–H and O–H groups in total. The van der Waals surface area contributed by atoms with Crippen molar-refractivity contribution < 1.29 is 4.79 Å². The molecule has 2 heterocycles. The van der Waals surface area contributed by atoms with Gasteiger partial charge in [0, 0.05) is 24.3 Å². The van der Waals surface area contributed by atoms with Gasteiger partial charge in [-0.25, -0.2) is 4.98 Å². The summed E-state index contributed by atoms with van der Waals surface area (Å²) in [5.41, 5.74) is 2.91. The molecule has 2 aromatic heterocycles. The number of hydrogen-bond acceptors (Lipinski definition) is 4. The molecule has 0 aliphatic heterocycles. The van der Waals surface area contributed by atoms with E-state index in [2.05, 4.69) is 36.2 Å². The van der Waals surface area contributed by atoms with Gasteiger partial charge in [0.15, 0.2) is 17.1 Å². The van der Waals surface area contributed by atoms with Gasteiger partial charge in [-0.3, -0.25) is 9.20 Å². The second-order valence-electron chi connectivity index (χ2n) is 4.57. The summed E-state index contributed by atoms with van der Waals surface area (Å²) in [6, 6.07) is 8.32. The summed E-state index contributed by atoms with van der Waals surface area (Å²) in [6.45, 7) is 2.13. The van der Waals surface area contributed by atoms with E-state index < -0.39 is 0 Å². The van der Waals surface area contributed by atoms with E-state index in [0.717, 1.165) is 23.4 Å². The molecule has 3 rings (SSSR count). The van der Waals surface area contributed by atoms with E-state index >= 15 is 0 Å². The summed E-state index contributed by atoms with van der Waals surface area (Å²) in [5.74, 6) is 0.691. The molecule has 0 aliphatic rings. The Morgan fingerprint density at radius 3 is 2.75 bits per heavy atom. The number of aromatic nitrogens is 2. The minimum atomic E-state index is 0.586. The number of nitrogens with zero attached hydrogens (tertiary/aromatic N) is 3. The highest BCUT2D eigenvalue weighted by Crippen LogP contribution is 2.28. The SMILES string of the molecule is CCc1ccc(N(C)c2nc3sccn3c2C=O)cc1. The molecule has 3 aromatic rings. The fourth-order valence-corrected chi connectivity index (χ4v) is 2.94. The van der Waals surface area contributed by atoms with Crippen LogP contribution in [0, 0.1) is 0 Å². The minimum Gasteiger partial charge on any atom is -0.328 e. The van der Waals surface area contributed by atoms with Gasteiger partial charge in [-0.15, -0.1) is 11.3 Å². The predicted molar refractivity (Wildman–Crippen MR) is 82.3 cm³/mol. The average molecular weight is 285 g/mol. The molecule has 1 aromatic carbocycles. The van der Waals surface area contributed by atoms with Gasteiger partial charge >= 0.3 is 0 Å². The average Bonchev–Trinajstić information content (AvgIpc) is 3.06. The van der Waals surface area contributed by atoms with Crippen LogP contribution in [0.3, 0.4) is 0 Å². The van der Waals surface area contributed by atoms with E-state index in [4.69, 9.17) is 0 Å². The van der Waals surface area contributed by atoms with Crippen LogP contribution in [0.15, 0.2) is 35.8 Å². The van der Waals surface area contributed by atoms with E-state index in [-0.39, 0.29) is 0 Å². The molecule has 0 amide bonds. The molecule has 4 nitrogen and oxygen atoms in total. The third-order valence-corrected chi connectivity index (χ3v) is 4.20. The standard InChI is InChI=1S/C15H15N3OS/c1-3-11-4-6-12(7-5-11)17(2)14-13(10-19)18-8-9-20-15(18)16-14/h4-10H,3H2,1-2H3. The van der Waals surface area contributed by atoms with Crippen LogP contribution < -0.4 is 4.90 Å². The second kappa shape index (κ2) is 5.09. The van der Waals surface area contributed by atoms with Gasteiger partial charge in [0.25, 0.3) is 0 Å². The first-order chi connectivity index (χ1) is 9.74. The van der Waals surface area contributed by atoms with Crippen molar-refractivity contribution in [1.29, 1.82) is 0 Å². The number of fused-ring (bicyclic) bond motifs is 1. The Bertz CT molecular complexity index is 742. The van der Waals surface area contributed by atoms with E-state index in [1.54, 1.807) is 0 Å². The van der Waals surface area contributed by atoms with Crippen molar-refractivity contribution >= 4 is 34.1 Å². The number of anilines is 2. The summed E-state index contributed by atoms with van der Waals surface area (Å²) in [7, 11) is 1.93. The molecule has 0 saturated carbocycles. The molecule has 0 spiro atoms. The molecule has 0 atom stereocenters. The zero-order chi connectivity index (χ0) is 14.1. The molecule has 0 bridgehead atoms. The first-order valence-electron chi connectivity index (χ1n) is 6.48. The quantitative estimate of drug-likeness (QED) is 0.688. The van der Waals surface area contributed by atoms with E-state index in [9.17, 15) is 4.79 Å². The molecule has 20 heavy (non-hydrogen) atoms. The Hall–Kier alpha value is -2.14. The van der Waals surface area contributed by atoms with Crippen molar-refractivity contribution in [1.82, 2.24) is 9.38 Å². The molecule has 0 fully saturated rings. The summed E-state index contributed by atoms with van der Waals surface area (Å²) in [4.78, 5) is 18.7. The van der Waals surface area contributed by atoms with Crippen molar-refractivity contribution in [3.05, 3.63) is 47.1 Å². The number of benzene rings is 1. The number of imidazole rings is 1. The van der Waals surface area contributed by atoms with Crippen LogP contribution >= 0.6 is 11.3 Å². The van der Waals surface area contributed by atoms with Crippen molar-refractivity contribution in [3.8, 4) is 0 Å². The lowest BCUT2D eigenvalue weighted by Crippen LogP contribution is -2.12.